The lowest BCUT2D eigenvalue weighted by Crippen LogP contribution is -2.08. The van der Waals surface area contributed by atoms with E-state index < -0.39 is 12.1 Å². The Bertz CT molecular complexity index is 660. The molecule has 2 N–H and O–H groups in total. The van der Waals surface area contributed by atoms with Crippen LogP contribution in [0.25, 0.3) is 6.08 Å². The molecule has 0 aromatic heterocycles. The summed E-state index contributed by atoms with van der Waals surface area (Å²) < 4.78 is 0. The van der Waals surface area contributed by atoms with E-state index in [9.17, 15) is 15.0 Å². The van der Waals surface area contributed by atoms with Gasteiger partial charge in [-0.3, -0.25) is 0 Å². The van der Waals surface area contributed by atoms with E-state index in [-0.39, 0.29) is 5.56 Å². The summed E-state index contributed by atoms with van der Waals surface area (Å²) in [6.45, 7) is 1.88. The smallest absolute Gasteiger partial charge is 0.336 e. The van der Waals surface area contributed by atoms with Gasteiger partial charge < -0.3 is 10.2 Å². The first-order valence-corrected chi connectivity index (χ1v) is 7.29. The van der Waals surface area contributed by atoms with E-state index in [0.29, 0.717) is 18.4 Å². The third-order valence-electron chi connectivity index (χ3n) is 3.56. The normalized spacial score (nSPS) is 12.5. The second kappa shape index (κ2) is 7.57. The van der Waals surface area contributed by atoms with Crippen LogP contribution < -0.4 is 0 Å². The van der Waals surface area contributed by atoms with E-state index in [1.807, 2.05) is 49.4 Å². The molecule has 0 heterocycles. The summed E-state index contributed by atoms with van der Waals surface area (Å²) in [5.41, 5.74) is 2.98. The second-order valence-electron chi connectivity index (χ2n) is 5.32. The van der Waals surface area contributed by atoms with E-state index in [1.165, 1.54) is 0 Å². The molecule has 0 amide bonds. The Morgan fingerprint density at radius 3 is 2.55 bits per heavy atom. The highest BCUT2D eigenvalue weighted by atomic mass is 16.4. The maximum atomic E-state index is 11.2. The zero-order valence-corrected chi connectivity index (χ0v) is 12.6. The highest BCUT2D eigenvalue weighted by Crippen LogP contribution is 2.17. The number of rotatable bonds is 6. The number of aliphatic hydroxyl groups is 1. The standard InChI is InChI=1S/C19H20O3/c1-14-7-5-12-18(19(21)22)17(14)11-6-10-16(20)13-15-8-3-2-4-9-15/h2-9,11-12,16,20H,10,13H2,1H3,(H,21,22). The zero-order chi connectivity index (χ0) is 15.9. The van der Waals surface area contributed by atoms with Crippen LogP contribution in [0.4, 0.5) is 0 Å². The summed E-state index contributed by atoms with van der Waals surface area (Å²) in [7, 11) is 0. The van der Waals surface area contributed by atoms with Crippen LogP contribution in [0, 0.1) is 6.92 Å². The maximum Gasteiger partial charge on any atom is 0.336 e. The summed E-state index contributed by atoms with van der Waals surface area (Å²) in [5.74, 6) is -0.937. The van der Waals surface area contributed by atoms with Gasteiger partial charge in [0.15, 0.2) is 0 Å². The molecule has 3 heteroatoms. The molecule has 0 aliphatic rings. The molecule has 3 nitrogen and oxygen atoms in total. The number of hydrogen-bond donors (Lipinski definition) is 2. The van der Waals surface area contributed by atoms with Crippen LogP contribution in [0.3, 0.4) is 0 Å². The Labute approximate surface area is 130 Å². The van der Waals surface area contributed by atoms with Gasteiger partial charge in [-0.05, 0) is 42.5 Å². The topological polar surface area (TPSA) is 57.5 Å². The van der Waals surface area contributed by atoms with Crippen molar-refractivity contribution in [2.45, 2.75) is 25.9 Å². The number of aryl methyl sites for hydroxylation is 1. The average molecular weight is 296 g/mol. The van der Waals surface area contributed by atoms with Crippen LogP contribution >= 0.6 is 0 Å². The van der Waals surface area contributed by atoms with Crippen molar-refractivity contribution in [3.05, 3.63) is 76.9 Å². The minimum absolute atomic E-state index is 0.286. The highest BCUT2D eigenvalue weighted by Gasteiger charge is 2.09. The minimum atomic E-state index is -0.937. The number of benzene rings is 2. The van der Waals surface area contributed by atoms with Crippen molar-refractivity contribution in [1.29, 1.82) is 0 Å². The van der Waals surface area contributed by atoms with E-state index in [0.717, 1.165) is 11.1 Å². The van der Waals surface area contributed by atoms with Crippen LogP contribution in [-0.4, -0.2) is 22.3 Å². The summed E-state index contributed by atoms with van der Waals surface area (Å²) in [4.78, 5) is 11.2. The molecule has 1 atom stereocenters. The first-order valence-electron chi connectivity index (χ1n) is 7.29. The molecule has 2 aromatic carbocycles. The van der Waals surface area contributed by atoms with E-state index in [4.69, 9.17) is 0 Å². The van der Waals surface area contributed by atoms with Crippen molar-refractivity contribution < 1.29 is 15.0 Å². The molecule has 0 bridgehead atoms. The number of hydrogen-bond acceptors (Lipinski definition) is 2. The van der Waals surface area contributed by atoms with Crippen molar-refractivity contribution in [3.8, 4) is 0 Å². The molecule has 0 aliphatic heterocycles. The molecule has 22 heavy (non-hydrogen) atoms. The van der Waals surface area contributed by atoms with E-state index in [1.54, 1.807) is 18.2 Å². The minimum Gasteiger partial charge on any atom is -0.478 e. The zero-order valence-electron chi connectivity index (χ0n) is 12.6. The largest absolute Gasteiger partial charge is 0.478 e. The predicted octanol–water partition coefficient (Wildman–Crippen LogP) is 3.70. The van der Waals surface area contributed by atoms with Gasteiger partial charge in [-0.15, -0.1) is 0 Å². The number of aromatic carboxylic acids is 1. The molecular formula is C19H20O3. The van der Waals surface area contributed by atoms with Gasteiger partial charge >= 0.3 is 5.97 Å². The van der Waals surface area contributed by atoms with Crippen LogP contribution in [0.15, 0.2) is 54.6 Å². The fourth-order valence-corrected chi connectivity index (χ4v) is 2.40. The molecule has 2 aromatic rings. The van der Waals surface area contributed by atoms with Crippen LogP contribution in [-0.2, 0) is 6.42 Å². The predicted molar refractivity (Wildman–Crippen MR) is 87.9 cm³/mol. The molecule has 1 unspecified atom stereocenters. The third kappa shape index (κ3) is 4.30. The molecule has 0 saturated heterocycles. The fraction of sp³-hybridized carbons (Fsp3) is 0.211. The van der Waals surface area contributed by atoms with Crippen molar-refractivity contribution >= 4 is 12.0 Å². The van der Waals surface area contributed by atoms with Crippen molar-refractivity contribution in [2.75, 3.05) is 0 Å². The number of carboxylic acids is 1. The molecule has 0 fully saturated rings. The van der Waals surface area contributed by atoms with Gasteiger partial charge in [0.2, 0.25) is 0 Å². The van der Waals surface area contributed by atoms with Gasteiger partial charge in [0.1, 0.15) is 0 Å². The number of carbonyl (C=O) groups is 1. The SMILES string of the molecule is Cc1cccc(C(=O)O)c1C=CCC(O)Cc1ccccc1. The summed E-state index contributed by atoms with van der Waals surface area (Å²) in [6.07, 6.45) is 4.22. The van der Waals surface area contributed by atoms with Gasteiger partial charge in [0.05, 0.1) is 11.7 Å². The Hall–Kier alpha value is -2.39. The first-order chi connectivity index (χ1) is 10.6. The quantitative estimate of drug-likeness (QED) is 0.854. The molecule has 0 saturated carbocycles. The molecule has 114 valence electrons. The van der Waals surface area contributed by atoms with Crippen molar-refractivity contribution in [3.63, 3.8) is 0 Å². The van der Waals surface area contributed by atoms with Gasteiger partial charge in [-0.2, -0.15) is 0 Å². The van der Waals surface area contributed by atoms with Gasteiger partial charge in [0.25, 0.3) is 0 Å². The van der Waals surface area contributed by atoms with E-state index in [2.05, 4.69) is 0 Å². The fourth-order valence-electron chi connectivity index (χ4n) is 2.40. The van der Waals surface area contributed by atoms with E-state index >= 15 is 0 Å². The molecule has 0 spiro atoms. The third-order valence-corrected chi connectivity index (χ3v) is 3.56. The average Bonchev–Trinajstić information content (AvgIpc) is 2.49. The Morgan fingerprint density at radius 2 is 1.86 bits per heavy atom. The Kier molecular flexibility index (Phi) is 5.50. The summed E-state index contributed by atoms with van der Waals surface area (Å²) >= 11 is 0. The lowest BCUT2D eigenvalue weighted by molar-refractivity contribution is 0.0696. The van der Waals surface area contributed by atoms with Gasteiger partial charge in [-0.1, -0.05) is 54.6 Å². The monoisotopic (exact) mass is 296 g/mol. The first kappa shape index (κ1) is 16.0. The maximum absolute atomic E-state index is 11.2. The highest BCUT2D eigenvalue weighted by molar-refractivity contribution is 5.92. The Balaban J connectivity index is 2.02. The molecule has 0 aliphatic carbocycles. The van der Waals surface area contributed by atoms with Crippen LogP contribution in [0.1, 0.15) is 33.5 Å². The van der Waals surface area contributed by atoms with Gasteiger partial charge in [-0.25, -0.2) is 4.79 Å². The van der Waals surface area contributed by atoms with Crippen molar-refractivity contribution in [2.24, 2.45) is 0 Å². The molecular weight excluding hydrogens is 276 g/mol. The van der Waals surface area contributed by atoms with Gasteiger partial charge in [0, 0.05) is 0 Å². The van der Waals surface area contributed by atoms with Crippen LogP contribution in [0.5, 0.6) is 0 Å². The summed E-state index contributed by atoms with van der Waals surface area (Å²) in [5, 5.41) is 19.3. The lowest BCUT2D eigenvalue weighted by atomic mass is 10.00. The van der Waals surface area contributed by atoms with Crippen LogP contribution in [0.2, 0.25) is 0 Å². The molecule has 0 radical (unpaired) electrons. The molecule has 2 rings (SSSR count). The number of carboxylic acid groups (broad SMARTS) is 1. The summed E-state index contributed by atoms with van der Waals surface area (Å²) in [6, 6.07) is 15.0. The lowest BCUT2D eigenvalue weighted by Gasteiger charge is -2.08. The van der Waals surface area contributed by atoms with Crippen molar-refractivity contribution in [1.82, 2.24) is 0 Å². The second-order valence-corrected chi connectivity index (χ2v) is 5.32. The number of aliphatic hydroxyl groups excluding tert-OH is 1. The Morgan fingerprint density at radius 1 is 1.14 bits per heavy atom.